The average molecular weight is 450 g/mol. The van der Waals surface area contributed by atoms with E-state index in [-0.39, 0.29) is 17.2 Å². The maximum Gasteiger partial charge on any atom is 0.356 e. The molecule has 2 aromatic carbocycles. The van der Waals surface area contributed by atoms with E-state index in [2.05, 4.69) is 15.3 Å². The minimum Gasteiger partial charge on any atom is -0.476 e. The number of anilines is 2. The number of thioether (sulfide) groups is 1. The van der Waals surface area contributed by atoms with Crippen molar-refractivity contribution in [2.24, 2.45) is 0 Å². The van der Waals surface area contributed by atoms with Crippen molar-refractivity contribution in [1.29, 1.82) is 0 Å². The zero-order chi connectivity index (χ0) is 22.8. The van der Waals surface area contributed by atoms with Gasteiger partial charge in [0.25, 0.3) is 0 Å². The molecule has 0 aliphatic rings. The summed E-state index contributed by atoms with van der Waals surface area (Å²) in [5, 5.41) is 17.9. The van der Waals surface area contributed by atoms with E-state index >= 15 is 0 Å². The van der Waals surface area contributed by atoms with Crippen LogP contribution in [0, 0.1) is 19.7 Å². The molecule has 4 aromatic rings. The summed E-state index contributed by atoms with van der Waals surface area (Å²) in [4.78, 5) is 20.1. The second-order valence-electron chi connectivity index (χ2n) is 7.17. The van der Waals surface area contributed by atoms with E-state index in [0.29, 0.717) is 16.7 Å². The Labute approximate surface area is 188 Å². The second-order valence-corrected chi connectivity index (χ2v) is 7.95. The van der Waals surface area contributed by atoms with Crippen molar-refractivity contribution in [2.45, 2.75) is 19.0 Å². The number of carboxylic acid groups (broad SMARTS) is 1. The van der Waals surface area contributed by atoms with Crippen LogP contribution in [0.1, 0.15) is 21.6 Å². The van der Waals surface area contributed by atoms with E-state index in [9.17, 15) is 14.3 Å². The fraction of sp³-hybridized carbons (Fsp3) is 0.130. The summed E-state index contributed by atoms with van der Waals surface area (Å²) in [6.45, 7) is 3.95. The van der Waals surface area contributed by atoms with Crippen molar-refractivity contribution in [2.75, 3.05) is 11.6 Å². The Morgan fingerprint density at radius 3 is 2.56 bits per heavy atom. The maximum atomic E-state index is 13.4. The van der Waals surface area contributed by atoms with Crippen LogP contribution in [-0.4, -0.2) is 37.1 Å². The van der Waals surface area contributed by atoms with Crippen molar-refractivity contribution in [3.05, 3.63) is 77.4 Å². The molecule has 32 heavy (non-hydrogen) atoms. The van der Waals surface area contributed by atoms with E-state index in [1.165, 1.54) is 30.1 Å². The molecule has 2 aromatic heterocycles. The molecular weight excluding hydrogens is 429 g/mol. The quantitative estimate of drug-likeness (QED) is 0.307. The van der Waals surface area contributed by atoms with Gasteiger partial charge in [-0.3, -0.25) is 0 Å². The molecule has 0 unspecified atom stereocenters. The van der Waals surface area contributed by atoms with Crippen LogP contribution in [0.4, 0.5) is 15.9 Å². The Kier molecular flexibility index (Phi) is 5.91. The topological polar surface area (TPSA) is 92.9 Å². The predicted molar refractivity (Wildman–Crippen MR) is 122 cm³/mol. The van der Waals surface area contributed by atoms with E-state index in [4.69, 9.17) is 5.10 Å². The molecule has 2 heterocycles. The fourth-order valence-electron chi connectivity index (χ4n) is 3.22. The van der Waals surface area contributed by atoms with Gasteiger partial charge in [-0.1, -0.05) is 23.9 Å². The van der Waals surface area contributed by atoms with Gasteiger partial charge < -0.3 is 10.4 Å². The first-order valence-electron chi connectivity index (χ1n) is 9.70. The van der Waals surface area contributed by atoms with Crippen LogP contribution in [0.15, 0.2) is 59.9 Å². The van der Waals surface area contributed by atoms with E-state index in [1.54, 1.807) is 29.1 Å². The lowest BCUT2D eigenvalue weighted by Crippen LogP contribution is -2.10. The molecule has 2 N–H and O–H groups in total. The SMILES string of the molecule is CSc1ncc(Nc2cc(-c3ccc(F)cc3)nn2-c2cc(C)ccc2C)c(C(=O)O)n1. The summed E-state index contributed by atoms with van der Waals surface area (Å²) in [6.07, 6.45) is 3.22. The van der Waals surface area contributed by atoms with Gasteiger partial charge in [0.1, 0.15) is 11.6 Å². The third-order valence-electron chi connectivity index (χ3n) is 4.86. The molecule has 0 saturated heterocycles. The number of hydrogen-bond acceptors (Lipinski definition) is 6. The van der Waals surface area contributed by atoms with Gasteiger partial charge in [0.15, 0.2) is 10.9 Å². The number of carbonyl (C=O) groups is 1. The Morgan fingerprint density at radius 2 is 1.88 bits per heavy atom. The smallest absolute Gasteiger partial charge is 0.356 e. The van der Waals surface area contributed by atoms with E-state index in [1.807, 2.05) is 32.0 Å². The Balaban J connectivity index is 1.86. The highest BCUT2D eigenvalue weighted by molar-refractivity contribution is 7.98. The fourth-order valence-corrected chi connectivity index (χ4v) is 3.56. The number of rotatable bonds is 6. The molecule has 0 saturated carbocycles. The van der Waals surface area contributed by atoms with Crippen molar-refractivity contribution in [1.82, 2.24) is 19.7 Å². The van der Waals surface area contributed by atoms with Crippen molar-refractivity contribution in [3.8, 4) is 16.9 Å². The molecule has 7 nitrogen and oxygen atoms in total. The summed E-state index contributed by atoms with van der Waals surface area (Å²) in [5.74, 6) is -0.971. The standard InChI is InChI=1S/C23H20FN5O2S/c1-13-4-5-14(2)19(10-13)29-20(11-17(28-29)15-6-8-16(24)9-7-15)26-18-12-25-23(32-3)27-21(18)22(30)31/h4-12,26H,1-3H3,(H,30,31). The highest BCUT2D eigenvalue weighted by Crippen LogP contribution is 2.30. The molecule has 0 bridgehead atoms. The number of carboxylic acids is 1. The third kappa shape index (κ3) is 4.33. The van der Waals surface area contributed by atoms with Gasteiger partial charge in [0, 0.05) is 11.6 Å². The summed E-state index contributed by atoms with van der Waals surface area (Å²) < 4.78 is 15.1. The van der Waals surface area contributed by atoms with Crippen LogP contribution >= 0.6 is 11.8 Å². The van der Waals surface area contributed by atoms with Crippen LogP contribution in [0.3, 0.4) is 0 Å². The Bertz CT molecular complexity index is 1300. The van der Waals surface area contributed by atoms with Gasteiger partial charge in [-0.05, 0) is 61.6 Å². The lowest BCUT2D eigenvalue weighted by molar-refractivity contribution is 0.0690. The van der Waals surface area contributed by atoms with Crippen LogP contribution in [0.5, 0.6) is 0 Å². The number of nitrogens with zero attached hydrogens (tertiary/aromatic N) is 4. The first kappa shape index (κ1) is 21.5. The molecule has 4 rings (SSSR count). The van der Waals surface area contributed by atoms with Gasteiger partial charge >= 0.3 is 5.97 Å². The van der Waals surface area contributed by atoms with Gasteiger partial charge in [-0.15, -0.1) is 0 Å². The number of aromatic carboxylic acids is 1. The number of aryl methyl sites for hydroxylation is 2. The molecule has 0 fully saturated rings. The normalized spacial score (nSPS) is 10.9. The number of nitrogens with one attached hydrogen (secondary N) is 1. The summed E-state index contributed by atoms with van der Waals surface area (Å²) >= 11 is 1.26. The summed E-state index contributed by atoms with van der Waals surface area (Å²) in [6, 6.07) is 13.8. The molecule has 0 radical (unpaired) electrons. The zero-order valence-electron chi connectivity index (χ0n) is 17.6. The van der Waals surface area contributed by atoms with Gasteiger partial charge in [-0.25, -0.2) is 23.8 Å². The van der Waals surface area contributed by atoms with Crippen LogP contribution in [0.2, 0.25) is 0 Å². The number of halogens is 1. The number of benzene rings is 2. The maximum absolute atomic E-state index is 13.4. The minimum absolute atomic E-state index is 0.138. The molecular formula is C23H20FN5O2S. The third-order valence-corrected chi connectivity index (χ3v) is 5.42. The number of aromatic nitrogens is 4. The van der Waals surface area contributed by atoms with Gasteiger partial charge in [-0.2, -0.15) is 5.10 Å². The molecule has 0 aliphatic heterocycles. The number of hydrogen-bond donors (Lipinski definition) is 2. The van der Waals surface area contributed by atoms with Crippen molar-refractivity contribution in [3.63, 3.8) is 0 Å². The van der Waals surface area contributed by atoms with Crippen molar-refractivity contribution < 1.29 is 14.3 Å². The van der Waals surface area contributed by atoms with Crippen LogP contribution in [0.25, 0.3) is 16.9 Å². The highest BCUT2D eigenvalue weighted by atomic mass is 32.2. The highest BCUT2D eigenvalue weighted by Gasteiger charge is 2.19. The Morgan fingerprint density at radius 1 is 1.12 bits per heavy atom. The Hall–Kier alpha value is -3.72. The molecule has 0 amide bonds. The summed E-state index contributed by atoms with van der Waals surface area (Å²) in [5.41, 5.74) is 4.31. The minimum atomic E-state index is -1.17. The lowest BCUT2D eigenvalue weighted by atomic mass is 10.1. The van der Waals surface area contributed by atoms with E-state index < -0.39 is 5.97 Å². The lowest BCUT2D eigenvalue weighted by Gasteiger charge is -2.13. The molecule has 0 aliphatic carbocycles. The average Bonchev–Trinajstić information content (AvgIpc) is 3.19. The van der Waals surface area contributed by atoms with Gasteiger partial charge in [0.05, 0.1) is 23.3 Å². The predicted octanol–water partition coefficient (Wildman–Crippen LogP) is 5.25. The monoisotopic (exact) mass is 449 g/mol. The first-order valence-corrected chi connectivity index (χ1v) is 10.9. The van der Waals surface area contributed by atoms with Crippen molar-refractivity contribution >= 4 is 29.2 Å². The second kappa shape index (κ2) is 8.80. The molecule has 9 heteroatoms. The van der Waals surface area contributed by atoms with Crippen LogP contribution < -0.4 is 5.32 Å². The molecule has 162 valence electrons. The largest absolute Gasteiger partial charge is 0.476 e. The van der Waals surface area contributed by atoms with Gasteiger partial charge in [0.2, 0.25) is 0 Å². The zero-order valence-corrected chi connectivity index (χ0v) is 18.4. The van der Waals surface area contributed by atoms with Crippen LogP contribution in [-0.2, 0) is 0 Å². The first-order chi connectivity index (χ1) is 15.4. The van der Waals surface area contributed by atoms with E-state index in [0.717, 1.165) is 22.4 Å². The summed E-state index contributed by atoms with van der Waals surface area (Å²) in [7, 11) is 0. The molecule has 0 atom stereocenters. The molecule has 0 spiro atoms.